The Morgan fingerprint density at radius 2 is 1.80 bits per heavy atom. The van der Waals surface area contributed by atoms with Crippen LogP contribution in [-0.4, -0.2) is 63.4 Å². The first-order valence-corrected chi connectivity index (χ1v) is 15.0. The van der Waals surface area contributed by atoms with Gasteiger partial charge >= 0.3 is 5.97 Å². The Kier molecular flexibility index (Phi) is 10.4. The van der Waals surface area contributed by atoms with Crippen molar-refractivity contribution in [1.29, 1.82) is 0 Å². The molecule has 41 heavy (non-hydrogen) atoms. The monoisotopic (exact) mass is 622 g/mol. The normalized spacial score (nSPS) is 19.4. The highest BCUT2D eigenvalue weighted by Crippen LogP contribution is 2.50. The van der Waals surface area contributed by atoms with Crippen molar-refractivity contribution in [2.45, 2.75) is 73.8 Å². The maximum atomic E-state index is 14.0. The minimum atomic E-state index is -2.70. The molecule has 6 nitrogen and oxygen atoms in total. The van der Waals surface area contributed by atoms with E-state index in [1.54, 1.807) is 35.6 Å². The minimum absolute atomic E-state index is 0.0625. The van der Waals surface area contributed by atoms with Gasteiger partial charge in [0, 0.05) is 56.4 Å². The van der Waals surface area contributed by atoms with Gasteiger partial charge in [-0.2, -0.15) is 0 Å². The number of rotatable bonds is 8. The van der Waals surface area contributed by atoms with Crippen LogP contribution in [0.5, 0.6) is 5.75 Å². The Balaban J connectivity index is 0.000000696. The molecule has 13 heteroatoms. The van der Waals surface area contributed by atoms with Gasteiger partial charge in [0.2, 0.25) is 11.8 Å². The molecule has 1 fully saturated rings. The Labute approximate surface area is 243 Å². The van der Waals surface area contributed by atoms with Crippen LogP contribution in [0.15, 0.2) is 46.2 Å². The summed E-state index contributed by atoms with van der Waals surface area (Å²) >= 11 is 1.23. The molecule has 2 aromatic carbocycles. The summed E-state index contributed by atoms with van der Waals surface area (Å²) in [4.78, 5) is 14.4. The molecular formula is C28H35F5N2O4S2. The summed E-state index contributed by atoms with van der Waals surface area (Å²) in [5, 5.41) is 9.13. The van der Waals surface area contributed by atoms with Crippen LogP contribution in [0.2, 0.25) is 0 Å². The first-order valence-electron chi connectivity index (χ1n) is 13.0. The first-order chi connectivity index (χ1) is 18.9. The van der Waals surface area contributed by atoms with Crippen molar-refractivity contribution in [3.63, 3.8) is 0 Å². The predicted molar refractivity (Wildman–Crippen MR) is 151 cm³/mol. The number of likely N-dealkylation sites (N-methyl/N-ethyl adjacent to an activating group) is 1. The van der Waals surface area contributed by atoms with Crippen LogP contribution in [0.1, 0.15) is 47.0 Å². The van der Waals surface area contributed by atoms with Crippen LogP contribution >= 0.6 is 11.8 Å². The van der Waals surface area contributed by atoms with Gasteiger partial charge in [-0.3, -0.25) is 4.79 Å². The van der Waals surface area contributed by atoms with E-state index < -0.39 is 40.0 Å². The van der Waals surface area contributed by atoms with E-state index >= 15 is 0 Å². The van der Waals surface area contributed by atoms with Gasteiger partial charge in [-0.05, 0) is 45.0 Å². The zero-order chi connectivity index (χ0) is 30.8. The van der Waals surface area contributed by atoms with Crippen LogP contribution in [0.3, 0.4) is 0 Å². The number of ether oxygens (including phenoxy) is 1. The number of benzene rings is 2. The van der Waals surface area contributed by atoms with Crippen molar-refractivity contribution in [2.24, 2.45) is 5.41 Å². The molecular weight excluding hydrogens is 587 g/mol. The van der Waals surface area contributed by atoms with Crippen LogP contribution in [-0.2, 0) is 15.8 Å². The molecule has 0 spiro atoms. The van der Waals surface area contributed by atoms with E-state index in [1.165, 1.54) is 44.7 Å². The van der Waals surface area contributed by atoms with E-state index in [0.29, 0.717) is 40.0 Å². The Morgan fingerprint density at radius 3 is 2.34 bits per heavy atom. The van der Waals surface area contributed by atoms with Gasteiger partial charge in [0.1, 0.15) is 29.2 Å². The number of hydrogen-bond donors (Lipinski definition) is 1. The zero-order valence-electron chi connectivity index (χ0n) is 23.6. The SMILES string of the molecule is CCC(C)(F)F.CN1CCN(c2cccc(F)c2)c2cc(SC3CC(F)(F)C3)c(OCC(C)(C)C(=O)O)cc2S1=O. The molecule has 1 unspecified atom stereocenters. The molecule has 2 aliphatic rings. The lowest BCUT2D eigenvalue weighted by Gasteiger charge is -2.35. The van der Waals surface area contributed by atoms with Gasteiger partial charge in [0.25, 0.3) is 0 Å². The van der Waals surface area contributed by atoms with E-state index in [1.807, 2.05) is 4.90 Å². The number of alkyl halides is 4. The number of anilines is 2. The second kappa shape index (κ2) is 12.9. The van der Waals surface area contributed by atoms with Crippen LogP contribution in [0, 0.1) is 11.2 Å². The molecule has 2 aromatic rings. The van der Waals surface area contributed by atoms with Crippen molar-refractivity contribution < 1.29 is 40.8 Å². The fourth-order valence-corrected chi connectivity index (χ4v) is 6.37. The second-order valence-electron chi connectivity index (χ2n) is 10.9. The number of carboxylic acid groups (broad SMARTS) is 1. The lowest BCUT2D eigenvalue weighted by atomic mass is 9.94. The fourth-order valence-electron chi connectivity index (χ4n) is 3.80. The maximum Gasteiger partial charge on any atom is 0.312 e. The molecule has 1 N–H and O–H groups in total. The third-order valence-corrected chi connectivity index (χ3v) is 9.37. The first kappa shape index (κ1) is 33.1. The van der Waals surface area contributed by atoms with Crippen molar-refractivity contribution >= 4 is 40.1 Å². The summed E-state index contributed by atoms with van der Waals surface area (Å²) in [7, 11) is 0.141. The van der Waals surface area contributed by atoms with Crippen LogP contribution in [0.4, 0.5) is 33.3 Å². The number of carbonyl (C=O) groups is 1. The Bertz CT molecular complexity index is 1260. The van der Waals surface area contributed by atoms with Crippen LogP contribution < -0.4 is 9.64 Å². The number of hydrogen-bond acceptors (Lipinski definition) is 5. The average molecular weight is 623 g/mol. The smallest absolute Gasteiger partial charge is 0.312 e. The molecule has 0 bridgehead atoms. The summed E-state index contributed by atoms with van der Waals surface area (Å²) in [6.07, 6.45) is -0.596. The molecule has 0 saturated heterocycles. The van der Waals surface area contributed by atoms with E-state index in [-0.39, 0.29) is 31.1 Å². The van der Waals surface area contributed by atoms with Crippen molar-refractivity contribution in [1.82, 2.24) is 4.31 Å². The summed E-state index contributed by atoms with van der Waals surface area (Å²) < 4.78 is 84.9. The number of aliphatic carboxylic acids is 1. The zero-order valence-corrected chi connectivity index (χ0v) is 25.2. The molecule has 1 atom stereocenters. The van der Waals surface area contributed by atoms with Crippen molar-refractivity contribution in [3.8, 4) is 5.75 Å². The number of fused-ring (bicyclic) bond motifs is 1. The van der Waals surface area contributed by atoms with Crippen LogP contribution in [0.25, 0.3) is 0 Å². The van der Waals surface area contributed by atoms with E-state index in [9.17, 15) is 36.1 Å². The molecule has 228 valence electrons. The predicted octanol–water partition coefficient (Wildman–Crippen LogP) is 7.36. The van der Waals surface area contributed by atoms with E-state index in [2.05, 4.69) is 0 Å². The largest absolute Gasteiger partial charge is 0.491 e. The molecule has 4 rings (SSSR count). The van der Waals surface area contributed by atoms with Gasteiger partial charge < -0.3 is 14.7 Å². The molecule has 1 aliphatic carbocycles. The quantitative estimate of drug-likeness (QED) is 0.310. The van der Waals surface area contributed by atoms with Crippen molar-refractivity contribution in [2.75, 3.05) is 31.6 Å². The summed E-state index contributed by atoms with van der Waals surface area (Å²) in [5.74, 6) is -6.32. The number of nitrogens with zero attached hydrogens (tertiary/aromatic N) is 2. The van der Waals surface area contributed by atoms with Gasteiger partial charge in [-0.1, -0.05) is 13.0 Å². The highest BCUT2D eigenvalue weighted by Gasteiger charge is 2.46. The summed E-state index contributed by atoms with van der Waals surface area (Å²) in [6, 6.07) is 9.40. The standard InChI is InChI=1S/C24H27F3N2O4S2.C4H8F2/c1-23(2,22(30)31)14-33-19-11-21-18(10-20(19)34-17-12-24(26,27)13-17)29(8-7-28(3)35(21)32)16-6-4-5-15(25)9-16;1-3-4(2,5)6/h4-6,9-11,17H,7-8,12-14H2,1-3H3,(H,30,31);3H2,1-2H3. The maximum absolute atomic E-state index is 14.0. The second-order valence-corrected chi connectivity index (χ2v) is 13.8. The van der Waals surface area contributed by atoms with Gasteiger partial charge in [-0.15, -0.1) is 11.8 Å². The summed E-state index contributed by atoms with van der Waals surface area (Å²) in [5.41, 5.74) is -0.0519. The molecule has 1 aliphatic heterocycles. The van der Waals surface area contributed by atoms with Gasteiger partial charge in [0.05, 0.1) is 20.9 Å². The van der Waals surface area contributed by atoms with E-state index in [0.717, 1.165) is 6.92 Å². The van der Waals surface area contributed by atoms with E-state index in [4.69, 9.17) is 4.74 Å². The fraction of sp³-hybridized carbons (Fsp3) is 0.536. The van der Waals surface area contributed by atoms with Gasteiger partial charge in [0.15, 0.2) is 0 Å². The third-order valence-electron chi connectivity index (χ3n) is 6.68. The minimum Gasteiger partial charge on any atom is -0.491 e. The topological polar surface area (TPSA) is 70.1 Å². The number of halogens is 5. The highest BCUT2D eigenvalue weighted by atomic mass is 32.2. The summed E-state index contributed by atoms with van der Waals surface area (Å²) in [6.45, 7) is 6.11. The molecule has 0 amide bonds. The lowest BCUT2D eigenvalue weighted by molar-refractivity contribution is -0.148. The number of carboxylic acids is 1. The average Bonchev–Trinajstić information content (AvgIpc) is 2.97. The third kappa shape index (κ3) is 8.81. The molecule has 1 heterocycles. The van der Waals surface area contributed by atoms with Gasteiger partial charge in [-0.25, -0.2) is 30.5 Å². The molecule has 0 radical (unpaired) electrons. The molecule has 0 aromatic heterocycles. The molecule has 1 saturated carbocycles. The Morgan fingerprint density at radius 1 is 1.17 bits per heavy atom. The lowest BCUT2D eigenvalue weighted by Crippen LogP contribution is -2.37. The van der Waals surface area contributed by atoms with Crippen molar-refractivity contribution in [3.05, 3.63) is 42.2 Å². The highest BCUT2D eigenvalue weighted by molar-refractivity contribution is 8.00. The number of thioether (sulfide) groups is 1. The Hall–Kier alpha value is -2.38.